The number of aliphatic hydroxyl groups is 2. The second kappa shape index (κ2) is 6.43. The van der Waals surface area contributed by atoms with Crippen molar-refractivity contribution in [3.63, 3.8) is 0 Å². The Morgan fingerprint density at radius 3 is 2.86 bits per heavy atom. The van der Waals surface area contributed by atoms with Crippen LogP contribution in [0, 0.1) is 5.92 Å². The van der Waals surface area contributed by atoms with Crippen molar-refractivity contribution in [2.45, 2.75) is 50.2 Å². The van der Waals surface area contributed by atoms with Gasteiger partial charge in [-0.25, -0.2) is 14.9 Å². The molecule has 0 amide bonds. The second-order valence-electron chi connectivity index (χ2n) is 6.41. The van der Waals surface area contributed by atoms with Gasteiger partial charge in [-0.2, -0.15) is 0 Å². The van der Waals surface area contributed by atoms with E-state index in [-0.39, 0.29) is 31.2 Å². The predicted octanol–water partition coefficient (Wildman–Crippen LogP) is -1.63. The molecule has 3 rings (SSSR count). The smallest absolute Gasteiger partial charge is 0.140 e. The first-order chi connectivity index (χ1) is 10.2. The molecule has 3 heterocycles. The fourth-order valence-corrected chi connectivity index (χ4v) is 3.77. The van der Waals surface area contributed by atoms with Crippen LogP contribution in [0.3, 0.4) is 0 Å². The summed E-state index contributed by atoms with van der Waals surface area (Å²) < 4.78 is 0. The minimum atomic E-state index is -0.442. The molecular weight excluding hydrogens is 276 g/mol. The summed E-state index contributed by atoms with van der Waals surface area (Å²) in [4.78, 5) is 4.19. The molecule has 3 fully saturated rings. The summed E-state index contributed by atoms with van der Waals surface area (Å²) in [5.74, 6) is 0.0900. The molecule has 0 saturated carbocycles. The molecule has 8 nitrogen and oxygen atoms in total. The molecule has 8 heteroatoms. The Bertz CT molecular complexity index is 361. The minimum Gasteiger partial charge on any atom is -0.396 e. The Morgan fingerprint density at radius 1 is 1.38 bits per heavy atom. The highest BCUT2D eigenvalue weighted by molar-refractivity contribution is 5.12. The zero-order chi connectivity index (χ0) is 15.0. The van der Waals surface area contributed by atoms with Gasteiger partial charge in [0.15, 0.2) is 0 Å². The molecule has 21 heavy (non-hydrogen) atoms. The summed E-state index contributed by atoms with van der Waals surface area (Å²) in [5, 5.41) is 38.8. The fourth-order valence-electron chi connectivity index (χ4n) is 3.77. The molecule has 0 aromatic carbocycles. The molecule has 0 radical (unpaired) electrons. The van der Waals surface area contributed by atoms with Gasteiger partial charge in [-0.15, -0.1) is 0 Å². The van der Waals surface area contributed by atoms with Gasteiger partial charge in [0.2, 0.25) is 0 Å². The van der Waals surface area contributed by atoms with Crippen LogP contribution in [0.4, 0.5) is 0 Å². The molecule has 3 aliphatic heterocycles. The van der Waals surface area contributed by atoms with E-state index in [0.717, 1.165) is 19.5 Å². The number of piperidine rings is 1. The number of rotatable bonds is 8. The Kier molecular flexibility index (Phi) is 4.77. The van der Waals surface area contributed by atoms with Crippen LogP contribution in [0.15, 0.2) is 0 Å². The molecule has 5 N–H and O–H groups in total. The van der Waals surface area contributed by atoms with Crippen LogP contribution in [-0.4, -0.2) is 82.3 Å². The van der Waals surface area contributed by atoms with Crippen molar-refractivity contribution >= 4 is 0 Å². The molecule has 8 unspecified atom stereocenters. The first-order valence-electron chi connectivity index (χ1n) is 7.72. The van der Waals surface area contributed by atoms with E-state index in [9.17, 15) is 10.2 Å². The van der Waals surface area contributed by atoms with E-state index < -0.39 is 6.23 Å². The van der Waals surface area contributed by atoms with Crippen molar-refractivity contribution in [1.29, 1.82) is 0 Å². The van der Waals surface area contributed by atoms with Crippen LogP contribution in [-0.2, 0) is 4.89 Å². The number of hydrogen-bond acceptors (Lipinski definition) is 8. The number of hydrazine groups is 1. The van der Waals surface area contributed by atoms with Gasteiger partial charge in [-0.3, -0.25) is 10.6 Å². The maximum absolute atomic E-state index is 9.57. The van der Waals surface area contributed by atoms with Crippen molar-refractivity contribution < 1.29 is 20.4 Å². The molecule has 8 atom stereocenters. The lowest BCUT2D eigenvalue weighted by Crippen LogP contribution is -2.69. The molecule has 0 aromatic rings. The van der Waals surface area contributed by atoms with Crippen molar-refractivity contribution in [2.75, 3.05) is 26.4 Å². The highest BCUT2D eigenvalue weighted by atomic mass is 17.1. The molecule has 3 saturated heterocycles. The quantitative estimate of drug-likeness (QED) is 0.158. The van der Waals surface area contributed by atoms with E-state index >= 15 is 0 Å². The van der Waals surface area contributed by atoms with Gasteiger partial charge in [0.05, 0.1) is 19.3 Å². The average molecular weight is 302 g/mol. The first-order valence-corrected chi connectivity index (χ1v) is 7.72. The van der Waals surface area contributed by atoms with Gasteiger partial charge >= 0.3 is 0 Å². The van der Waals surface area contributed by atoms with E-state index in [0.29, 0.717) is 18.6 Å². The average Bonchev–Trinajstić information content (AvgIpc) is 3.21. The van der Waals surface area contributed by atoms with E-state index in [1.54, 1.807) is 6.92 Å². The number of hydrogen-bond donors (Lipinski definition) is 5. The molecule has 0 aromatic heterocycles. The van der Waals surface area contributed by atoms with E-state index in [1.165, 1.54) is 0 Å². The van der Waals surface area contributed by atoms with E-state index in [1.807, 2.05) is 0 Å². The fraction of sp³-hybridized carbons (Fsp3) is 1.00. The van der Waals surface area contributed by atoms with Crippen LogP contribution in [0.5, 0.6) is 0 Å². The van der Waals surface area contributed by atoms with Gasteiger partial charge in [0.1, 0.15) is 6.23 Å². The van der Waals surface area contributed by atoms with Crippen LogP contribution in [0.25, 0.3) is 0 Å². The monoisotopic (exact) mass is 302 g/mol. The number of fused-ring (bicyclic) bond motifs is 4. The molecule has 0 spiro atoms. The third-order valence-electron chi connectivity index (χ3n) is 4.96. The van der Waals surface area contributed by atoms with Gasteiger partial charge < -0.3 is 15.5 Å². The number of aliphatic hydroxyl groups excluding tert-OH is 2. The Labute approximate surface area is 124 Å². The summed E-state index contributed by atoms with van der Waals surface area (Å²) in [6.07, 6.45) is 1.39. The van der Waals surface area contributed by atoms with Crippen molar-refractivity contribution in [1.82, 2.24) is 20.7 Å². The molecular formula is C13H26N4O4. The van der Waals surface area contributed by atoms with Gasteiger partial charge in [0, 0.05) is 31.3 Å². The second-order valence-corrected chi connectivity index (χ2v) is 6.41. The first kappa shape index (κ1) is 15.6. The van der Waals surface area contributed by atoms with E-state index in [4.69, 9.17) is 5.26 Å². The Morgan fingerprint density at radius 2 is 2.19 bits per heavy atom. The Hall–Kier alpha value is -0.320. The summed E-state index contributed by atoms with van der Waals surface area (Å²) in [6.45, 7) is 3.58. The van der Waals surface area contributed by atoms with Gasteiger partial charge in [0.25, 0.3) is 0 Å². The topological polar surface area (TPSA) is 100 Å². The van der Waals surface area contributed by atoms with E-state index in [2.05, 4.69) is 25.5 Å². The van der Waals surface area contributed by atoms with Crippen molar-refractivity contribution in [2.24, 2.45) is 5.92 Å². The van der Waals surface area contributed by atoms with Crippen molar-refractivity contribution in [3.8, 4) is 0 Å². The summed E-state index contributed by atoms with van der Waals surface area (Å²) >= 11 is 0. The highest BCUT2D eigenvalue weighted by Crippen LogP contribution is 2.45. The summed E-state index contributed by atoms with van der Waals surface area (Å²) in [7, 11) is 0. The van der Waals surface area contributed by atoms with Crippen molar-refractivity contribution in [3.05, 3.63) is 0 Å². The Balaban J connectivity index is 1.54. The zero-order valence-electron chi connectivity index (χ0n) is 12.4. The normalized spacial score (nSPS) is 43.4. The number of nitrogens with one attached hydrogen (secondary N) is 2. The third-order valence-corrected chi connectivity index (χ3v) is 4.96. The summed E-state index contributed by atoms with van der Waals surface area (Å²) in [5.41, 5.74) is 0. The lowest BCUT2D eigenvalue weighted by Gasteiger charge is -2.50. The van der Waals surface area contributed by atoms with Crippen LogP contribution < -0.4 is 10.6 Å². The van der Waals surface area contributed by atoms with Crippen LogP contribution >= 0.6 is 0 Å². The summed E-state index contributed by atoms with van der Waals surface area (Å²) in [6, 6.07) is 1.46. The number of nitrogens with zero attached hydrogens (tertiary/aromatic N) is 2. The standard InChI is InChI=1S/C13H26N4O4/c1-8(21-20)14-4-9(5-18)2-11-13-12(16-7-17(13)16)3-10(6-19)15-11/h8-15,18-20H,2-7H2,1H3. The molecule has 0 bridgehead atoms. The molecule has 0 aliphatic carbocycles. The predicted molar refractivity (Wildman–Crippen MR) is 74.9 cm³/mol. The largest absolute Gasteiger partial charge is 0.396 e. The highest BCUT2D eigenvalue weighted by Gasteiger charge is 2.62. The maximum Gasteiger partial charge on any atom is 0.140 e. The molecule has 122 valence electrons. The minimum absolute atomic E-state index is 0.0900. The van der Waals surface area contributed by atoms with Gasteiger partial charge in [-0.1, -0.05) is 0 Å². The lowest BCUT2D eigenvalue weighted by molar-refractivity contribution is -0.281. The third kappa shape index (κ3) is 3.08. The maximum atomic E-state index is 9.57. The SMILES string of the molecule is CC(NCC(CO)CC1NC(CO)CC2C1N1CN21)OO. The van der Waals surface area contributed by atoms with Crippen LogP contribution in [0.2, 0.25) is 0 Å². The zero-order valence-corrected chi connectivity index (χ0v) is 12.4. The van der Waals surface area contributed by atoms with Crippen LogP contribution in [0.1, 0.15) is 19.8 Å². The van der Waals surface area contributed by atoms with Gasteiger partial charge in [-0.05, 0) is 25.7 Å². The lowest BCUT2D eigenvalue weighted by atomic mass is 9.82. The molecule has 3 aliphatic rings.